The van der Waals surface area contributed by atoms with Gasteiger partial charge in [-0.25, -0.2) is 15.0 Å². The molecule has 0 atom stereocenters. The molecule has 8 aromatic carbocycles. The maximum absolute atomic E-state index is 9.29. The first-order chi connectivity index (χ1) is 25.7. The van der Waals surface area contributed by atoms with Crippen LogP contribution in [0, 0.1) is 11.3 Å². The summed E-state index contributed by atoms with van der Waals surface area (Å²) in [4.78, 5) is 14.7. The third kappa shape index (κ3) is 5.77. The van der Waals surface area contributed by atoms with Crippen molar-refractivity contribution in [1.29, 1.82) is 5.26 Å². The maximum atomic E-state index is 9.29. The van der Waals surface area contributed by atoms with Crippen molar-refractivity contribution >= 4 is 21.5 Å². The average molecular weight is 663 g/mol. The van der Waals surface area contributed by atoms with Crippen molar-refractivity contribution in [3.8, 4) is 73.6 Å². The zero-order valence-corrected chi connectivity index (χ0v) is 28.1. The summed E-state index contributed by atoms with van der Waals surface area (Å²) in [6.07, 6.45) is 0. The van der Waals surface area contributed by atoms with E-state index in [0.29, 0.717) is 23.0 Å². The fourth-order valence-electron chi connectivity index (χ4n) is 6.96. The third-order valence-electron chi connectivity index (χ3n) is 9.60. The fourth-order valence-corrected chi connectivity index (χ4v) is 6.96. The second kappa shape index (κ2) is 13.2. The van der Waals surface area contributed by atoms with E-state index in [1.165, 1.54) is 27.1 Å². The zero-order chi connectivity index (χ0) is 34.9. The van der Waals surface area contributed by atoms with Gasteiger partial charge < -0.3 is 0 Å². The lowest BCUT2D eigenvalue weighted by Crippen LogP contribution is -2.00. The molecule has 0 saturated carbocycles. The van der Waals surface area contributed by atoms with E-state index in [-0.39, 0.29) is 0 Å². The van der Waals surface area contributed by atoms with Gasteiger partial charge in [0.2, 0.25) is 0 Å². The second-order valence-corrected chi connectivity index (χ2v) is 12.8. The SMILES string of the molecule is N#Cc1ccc(-c2ccc(-c3ccc4cccc(-c5ccc(-c6nc(-c7ccccc7)nc(-c7ccccc7)n6)cc5)c4c3)c3ccccc23)cc1. The Labute approximate surface area is 302 Å². The normalized spacial score (nSPS) is 11.1. The number of aromatic nitrogens is 3. The van der Waals surface area contributed by atoms with Crippen LogP contribution in [0.2, 0.25) is 0 Å². The molecule has 0 N–H and O–H groups in total. The van der Waals surface area contributed by atoms with E-state index < -0.39 is 0 Å². The molecule has 9 aromatic rings. The van der Waals surface area contributed by atoms with E-state index in [2.05, 4.69) is 103 Å². The van der Waals surface area contributed by atoms with Crippen LogP contribution < -0.4 is 0 Å². The molecule has 0 aliphatic carbocycles. The minimum Gasteiger partial charge on any atom is -0.208 e. The van der Waals surface area contributed by atoms with Crippen LogP contribution in [-0.2, 0) is 0 Å². The van der Waals surface area contributed by atoms with Gasteiger partial charge in [-0.3, -0.25) is 0 Å². The van der Waals surface area contributed by atoms with Gasteiger partial charge in [0.25, 0.3) is 0 Å². The molecular weight excluding hydrogens is 633 g/mol. The molecule has 0 spiro atoms. The Bertz CT molecular complexity index is 2710. The number of nitriles is 1. The lowest BCUT2D eigenvalue weighted by molar-refractivity contribution is 1.07. The van der Waals surface area contributed by atoms with Gasteiger partial charge in [-0.05, 0) is 73.1 Å². The second-order valence-electron chi connectivity index (χ2n) is 12.8. The first kappa shape index (κ1) is 30.8. The smallest absolute Gasteiger partial charge is 0.164 e. The predicted octanol–water partition coefficient (Wildman–Crippen LogP) is 12.1. The van der Waals surface area contributed by atoms with E-state index in [4.69, 9.17) is 15.0 Å². The summed E-state index contributed by atoms with van der Waals surface area (Å²) in [6, 6.07) is 64.9. The number of rotatable bonds is 6. The van der Waals surface area contributed by atoms with Crippen molar-refractivity contribution in [3.05, 3.63) is 188 Å². The van der Waals surface area contributed by atoms with Gasteiger partial charge in [0.05, 0.1) is 11.6 Å². The summed E-state index contributed by atoms with van der Waals surface area (Å²) in [7, 11) is 0. The predicted molar refractivity (Wildman–Crippen MR) is 212 cm³/mol. The van der Waals surface area contributed by atoms with Crippen molar-refractivity contribution in [2.75, 3.05) is 0 Å². The van der Waals surface area contributed by atoms with Crippen LogP contribution in [0.1, 0.15) is 5.56 Å². The highest BCUT2D eigenvalue weighted by Crippen LogP contribution is 2.39. The van der Waals surface area contributed by atoms with Gasteiger partial charge in [0, 0.05) is 16.7 Å². The summed E-state index contributed by atoms with van der Waals surface area (Å²) in [5.74, 6) is 1.93. The molecule has 9 rings (SSSR count). The van der Waals surface area contributed by atoms with Crippen LogP contribution in [0.3, 0.4) is 0 Å². The quantitative estimate of drug-likeness (QED) is 0.178. The maximum Gasteiger partial charge on any atom is 0.164 e. The largest absolute Gasteiger partial charge is 0.208 e. The highest BCUT2D eigenvalue weighted by Gasteiger charge is 2.14. The minimum absolute atomic E-state index is 0.635. The van der Waals surface area contributed by atoms with Gasteiger partial charge in [0.15, 0.2) is 17.5 Å². The van der Waals surface area contributed by atoms with Gasteiger partial charge in [-0.2, -0.15) is 5.26 Å². The number of hydrogen-bond acceptors (Lipinski definition) is 4. The highest BCUT2D eigenvalue weighted by molar-refractivity contribution is 6.07. The summed E-state index contributed by atoms with van der Waals surface area (Å²) >= 11 is 0. The van der Waals surface area contributed by atoms with Crippen LogP contribution in [0.25, 0.3) is 89.1 Å². The Hall–Kier alpha value is -7.22. The molecule has 4 nitrogen and oxygen atoms in total. The van der Waals surface area contributed by atoms with Crippen LogP contribution in [0.4, 0.5) is 0 Å². The van der Waals surface area contributed by atoms with Gasteiger partial charge >= 0.3 is 0 Å². The minimum atomic E-state index is 0.635. The van der Waals surface area contributed by atoms with Gasteiger partial charge in [0.1, 0.15) is 0 Å². The fraction of sp³-hybridized carbons (Fsp3) is 0. The molecule has 0 saturated heterocycles. The molecule has 52 heavy (non-hydrogen) atoms. The highest BCUT2D eigenvalue weighted by atomic mass is 15.0. The number of nitrogens with zero attached hydrogens (tertiary/aromatic N) is 4. The van der Waals surface area contributed by atoms with Gasteiger partial charge in [-0.1, -0.05) is 164 Å². The molecular formula is C48H30N4. The molecule has 0 aliphatic heterocycles. The van der Waals surface area contributed by atoms with Crippen LogP contribution in [0.15, 0.2) is 182 Å². The van der Waals surface area contributed by atoms with E-state index in [1.54, 1.807) is 0 Å². The molecule has 0 radical (unpaired) electrons. The summed E-state index contributed by atoms with van der Waals surface area (Å²) in [5, 5.41) is 14.0. The molecule has 1 heterocycles. The van der Waals surface area contributed by atoms with E-state index in [1.807, 2.05) is 84.9 Å². The van der Waals surface area contributed by atoms with Crippen molar-refractivity contribution in [2.24, 2.45) is 0 Å². The summed E-state index contributed by atoms with van der Waals surface area (Å²) in [5.41, 5.74) is 10.3. The third-order valence-corrected chi connectivity index (χ3v) is 9.60. The standard InChI is InChI=1S/C48H30N4/c49-31-32-18-20-34(21-19-32)41-28-29-42(44-16-8-7-15-43(41)44)39-27-24-33-14-9-17-40(45(33)30-39)35-22-25-38(26-23-35)48-51-46(36-10-3-1-4-11-36)50-47(52-48)37-12-5-2-6-13-37/h1-30H. The number of hydrogen-bond donors (Lipinski definition) is 0. The molecule has 0 bridgehead atoms. The molecule has 1 aromatic heterocycles. The van der Waals surface area contributed by atoms with E-state index in [0.717, 1.165) is 44.5 Å². The van der Waals surface area contributed by atoms with Crippen LogP contribution in [0.5, 0.6) is 0 Å². The lowest BCUT2D eigenvalue weighted by atomic mass is 9.90. The topological polar surface area (TPSA) is 62.5 Å². The van der Waals surface area contributed by atoms with Crippen molar-refractivity contribution in [1.82, 2.24) is 15.0 Å². The number of fused-ring (bicyclic) bond motifs is 2. The Morgan fingerprint density at radius 2 is 0.769 bits per heavy atom. The molecule has 0 unspecified atom stereocenters. The summed E-state index contributed by atoms with van der Waals surface area (Å²) < 4.78 is 0. The Kier molecular flexibility index (Phi) is 7.85. The van der Waals surface area contributed by atoms with Crippen molar-refractivity contribution < 1.29 is 0 Å². The van der Waals surface area contributed by atoms with E-state index in [9.17, 15) is 5.26 Å². The average Bonchev–Trinajstić information content (AvgIpc) is 3.23. The van der Waals surface area contributed by atoms with Crippen LogP contribution in [-0.4, -0.2) is 15.0 Å². The lowest BCUT2D eigenvalue weighted by Gasteiger charge is -2.14. The summed E-state index contributed by atoms with van der Waals surface area (Å²) in [6.45, 7) is 0. The molecule has 242 valence electrons. The molecule has 0 aliphatic rings. The molecule has 4 heteroatoms. The van der Waals surface area contributed by atoms with Crippen LogP contribution >= 0.6 is 0 Å². The Morgan fingerprint density at radius 1 is 0.327 bits per heavy atom. The van der Waals surface area contributed by atoms with E-state index >= 15 is 0 Å². The van der Waals surface area contributed by atoms with Crippen molar-refractivity contribution in [3.63, 3.8) is 0 Å². The molecule has 0 amide bonds. The Balaban J connectivity index is 1.11. The monoisotopic (exact) mass is 662 g/mol. The van der Waals surface area contributed by atoms with Gasteiger partial charge in [-0.15, -0.1) is 0 Å². The first-order valence-corrected chi connectivity index (χ1v) is 17.2. The number of benzene rings is 8. The first-order valence-electron chi connectivity index (χ1n) is 17.2. The van der Waals surface area contributed by atoms with Crippen molar-refractivity contribution in [2.45, 2.75) is 0 Å². The molecule has 0 fully saturated rings. The Morgan fingerprint density at radius 3 is 1.33 bits per heavy atom. The zero-order valence-electron chi connectivity index (χ0n) is 28.1.